The number of hydrogen-bond acceptors (Lipinski definition) is 5. The molecule has 0 saturated carbocycles. The number of carbonyl (C=O) groups is 1. The summed E-state index contributed by atoms with van der Waals surface area (Å²) in [6.07, 6.45) is 0. The Balaban J connectivity index is 1.61. The number of benzene rings is 3. The molecule has 0 N–H and O–H groups in total. The van der Waals surface area contributed by atoms with E-state index in [9.17, 15) is 9.18 Å². The van der Waals surface area contributed by atoms with Gasteiger partial charge in [0.25, 0.3) is 0 Å². The second kappa shape index (κ2) is 10.5. The zero-order chi connectivity index (χ0) is 24.1. The Kier molecular flexibility index (Phi) is 7.27. The molecule has 0 bridgehead atoms. The lowest BCUT2D eigenvalue weighted by Gasteiger charge is -2.21. The number of thioether (sulfide) groups is 1. The van der Waals surface area contributed by atoms with Crippen molar-refractivity contribution >= 4 is 17.7 Å². The normalized spacial score (nSPS) is 11.8. The van der Waals surface area contributed by atoms with Crippen LogP contribution in [-0.4, -0.2) is 45.0 Å². The van der Waals surface area contributed by atoms with Crippen LogP contribution in [0.2, 0.25) is 0 Å². The van der Waals surface area contributed by atoms with Crippen LogP contribution in [0.25, 0.3) is 17.1 Å². The Morgan fingerprint density at radius 2 is 1.82 bits per heavy atom. The quantitative estimate of drug-likeness (QED) is 0.326. The van der Waals surface area contributed by atoms with Gasteiger partial charge in [-0.2, -0.15) is 0 Å². The van der Waals surface area contributed by atoms with E-state index in [-0.39, 0.29) is 11.7 Å². The van der Waals surface area contributed by atoms with Gasteiger partial charge < -0.3 is 9.64 Å². The largest absolute Gasteiger partial charge is 0.497 e. The van der Waals surface area contributed by atoms with Gasteiger partial charge in [0.1, 0.15) is 11.6 Å². The summed E-state index contributed by atoms with van der Waals surface area (Å²) in [5, 5.41) is 9.03. The number of methoxy groups -OCH3 is 1. The predicted molar refractivity (Wildman–Crippen MR) is 132 cm³/mol. The van der Waals surface area contributed by atoms with Crippen LogP contribution in [0.4, 0.5) is 4.39 Å². The van der Waals surface area contributed by atoms with Crippen LogP contribution in [0.3, 0.4) is 0 Å². The molecule has 34 heavy (non-hydrogen) atoms. The molecule has 0 saturated heterocycles. The van der Waals surface area contributed by atoms with E-state index in [1.807, 2.05) is 66.1 Å². The number of ether oxygens (including phenoxy) is 1. The van der Waals surface area contributed by atoms with Crippen molar-refractivity contribution in [3.05, 3.63) is 90.2 Å². The molecular formula is C26H25FN4O2S. The number of rotatable bonds is 8. The molecule has 0 aliphatic heterocycles. The van der Waals surface area contributed by atoms with E-state index in [1.54, 1.807) is 31.2 Å². The lowest BCUT2D eigenvalue weighted by Crippen LogP contribution is -2.33. The average molecular weight is 477 g/mol. The second-order valence-corrected chi connectivity index (χ2v) is 9.10. The first-order valence-electron chi connectivity index (χ1n) is 10.8. The van der Waals surface area contributed by atoms with Gasteiger partial charge in [0.05, 0.1) is 12.4 Å². The summed E-state index contributed by atoms with van der Waals surface area (Å²) >= 11 is 1.33. The fourth-order valence-corrected chi connectivity index (χ4v) is 4.59. The van der Waals surface area contributed by atoms with E-state index in [1.165, 1.54) is 23.9 Å². The minimum Gasteiger partial charge on any atom is -0.497 e. The minimum absolute atomic E-state index is 0.0835. The van der Waals surface area contributed by atoms with Gasteiger partial charge in [-0.15, -0.1) is 10.2 Å². The zero-order valence-electron chi connectivity index (χ0n) is 19.2. The number of nitrogens with zero attached hydrogens (tertiary/aromatic N) is 4. The maximum Gasteiger partial charge on any atom is 0.235 e. The molecule has 4 aromatic rings. The first-order chi connectivity index (χ1) is 16.5. The van der Waals surface area contributed by atoms with Gasteiger partial charge in [-0.05, 0) is 48.9 Å². The Morgan fingerprint density at radius 1 is 1.06 bits per heavy atom. The highest BCUT2D eigenvalue weighted by atomic mass is 32.2. The van der Waals surface area contributed by atoms with Crippen molar-refractivity contribution in [3.8, 4) is 22.8 Å². The first-order valence-corrected chi connectivity index (χ1v) is 11.7. The first kappa shape index (κ1) is 23.5. The number of aromatic nitrogens is 3. The summed E-state index contributed by atoms with van der Waals surface area (Å²) in [5.41, 5.74) is 2.48. The summed E-state index contributed by atoms with van der Waals surface area (Å²) in [7, 11) is 3.34. The van der Waals surface area contributed by atoms with Crippen LogP contribution in [0.1, 0.15) is 12.5 Å². The third kappa shape index (κ3) is 5.28. The molecule has 6 nitrogen and oxygen atoms in total. The monoisotopic (exact) mass is 476 g/mol. The molecule has 0 aliphatic rings. The van der Waals surface area contributed by atoms with Gasteiger partial charge in [0, 0.05) is 24.8 Å². The summed E-state index contributed by atoms with van der Waals surface area (Å²) < 4.78 is 20.8. The van der Waals surface area contributed by atoms with E-state index in [2.05, 4.69) is 10.2 Å². The Morgan fingerprint density at radius 3 is 2.56 bits per heavy atom. The maximum absolute atomic E-state index is 13.5. The SMILES string of the molecule is COc1cccc(-c2nnc(SC(C)C(=O)N(C)Cc3cccc(F)c3)n2-c2ccccc2)c1. The highest BCUT2D eigenvalue weighted by Crippen LogP contribution is 2.32. The van der Waals surface area contributed by atoms with Crippen molar-refractivity contribution in [3.63, 3.8) is 0 Å². The number of amides is 1. The Hall–Kier alpha value is -3.65. The molecule has 0 radical (unpaired) electrons. The van der Waals surface area contributed by atoms with Gasteiger partial charge in [0.2, 0.25) is 5.91 Å². The van der Waals surface area contributed by atoms with E-state index < -0.39 is 5.25 Å². The number of halogens is 1. The van der Waals surface area contributed by atoms with Crippen molar-refractivity contribution in [1.29, 1.82) is 0 Å². The Labute approximate surface area is 202 Å². The maximum atomic E-state index is 13.5. The fraction of sp³-hybridized carbons (Fsp3) is 0.192. The highest BCUT2D eigenvalue weighted by molar-refractivity contribution is 8.00. The van der Waals surface area contributed by atoms with E-state index >= 15 is 0 Å². The van der Waals surface area contributed by atoms with E-state index in [4.69, 9.17) is 4.74 Å². The van der Waals surface area contributed by atoms with Gasteiger partial charge in [-0.3, -0.25) is 9.36 Å². The molecule has 1 heterocycles. The molecule has 174 valence electrons. The van der Waals surface area contributed by atoms with Crippen LogP contribution in [-0.2, 0) is 11.3 Å². The topological polar surface area (TPSA) is 60.3 Å². The molecule has 1 aromatic heterocycles. The van der Waals surface area contributed by atoms with Crippen LogP contribution >= 0.6 is 11.8 Å². The predicted octanol–water partition coefficient (Wildman–Crippen LogP) is 5.22. The summed E-state index contributed by atoms with van der Waals surface area (Å²) in [4.78, 5) is 14.7. The van der Waals surface area contributed by atoms with Crippen molar-refractivity contribution in [2.45, 2.75) is 23.9 Å². The number of carbonyl (C=O) groups excluding carboxylic acids is 1. The third-order valence-corrected chi connectivity index (χ3v) is 6.32. The van der Waals surface area contributed by atoms with Crippen molar-refractivity contribution in [2.75, 3.05) is 14.2 Å². The number of hydrogen-bond donors (Lipinski definition) is 0. The molecule has 0 spiro atoms. The summed E-state index contributed by atoms with van der Waals surface area (Å²) in [6.45, 7) is 2.16. The summed E-state index contributed by atoms with van der Waals surface area (Å²) in [6, 6.07) is 23.7. The van der Waals surface area contributed by atoms with Crippen LogP contribution in [0.5, 0.6) is 5.75 Å². The lowest BCUT2D eigenvalue weighted by molar-refractivity contribution is -0.129. The Bertz CT molecular complexity index is 1280. The van der Waals surface area contributed by atoms with Crippen LogP contribution < -0.4 is 4.74 Å². The zero-order valence-corrected chi connectivity index (χ0v) is 20.0. The average Bonchev–Trinajstić information content (AvgIpc) is 3.27. The minimum atomic E-state index is -0.427. The van der Waals surface area contributed by atoms with Gasteiger partial charge in [-0.1, -0.05) is 54.2 Å². The fourth-order valence-electron chi connectivity index (χ4n) is 3.61. The third-order valence-electron chi connectivity index (χ3n) is 5.29. The van der Waals surface area contributed by atoms with Crippen molar-refractivity contribution < 1.29 is 13.9 Å². The molecule has 4 rings (SSSR count). The van der Waals surface area contributed by atoms with Gasteiger partial charge in [0.15, 0.2) is 11.0 Å². The van der Waals surface area contributed by atoms with E-state index in [0.29, 0.717) is 17.5 Å². The lowest BCUT2D eigenvalue weighted by atomic mass is 10.2. The smallest absolute Gasteiger partial charge is 0.235 e. The van der Waals surface area contributed by atoms with Crippen LogP contribution in [0.15, 0.2) is 84.0 Å². The van der Waals surface area contributed by atoms with Crippen molar-refractivity contribution in [1.82, 2.24) is 19.7 Å². The summed E-state index contributed by atoms with van der Waals surface area (Å²) in [5.74, 6) is 0.971. The van der Waals surface area contributed by atoms with Gasteiger partial charge in [-0.25, -0.2) is 4.39 Å². The van der Waals surface area contributed by atoms with E-state index in [0.717, 1.165) is 22.6 Å². The van der Waals surface area contributed by atoms with Crippen molar-refractivity contribution in [2.24, 2.45) is 0 Å². The molecule has 1 amide bonds. The van der Waals surface area contributed by atoms with Crippen LogP contribution in [0, 0.1) is 5.82 Å². The molecule has 0 aliphatic carbocycles. The number of para-hydroxylation sites is 1. The molecule has 0 fully saturated rings. The highest BCUT2D eigenvalue weighted by Gasteiger charge is 2.24. The molecular weight excluding hydrogens is 451 g/mol. The second-order valence-electron chi connectivity index (χ2n) is 7.79. The molecule has 8 heteroatoms. The standard InChI is InChI=1S/C26H25FN4O2S/c1-18(25(32)30(2)17-19-9-7-11-21(27)15-19)34-26-29-28-24(20-10-8-14-23(16-20)33-3)31(26)22-12-5-4-6-13-22/h4-16,18H,17H2,1-3H3. The molecule has 1 unspecified atom stereocenters. The van der Waals surface area contributed by atoms with Gasteiger partial charge >= 0.3 is 0 Å². The molecule has 3 aromatic carbocycles. The molecule has 1 atom stereocenters.